The van der Waals surface area contributed by atoms with Gasteiger partial charge in [0.05, 0.1) is 16.5 Å². The fourth-order valence-electron chi connectivity index (χ4n) is 3.54. The van der Waals surface area contributed by atoms with Crippen LogP contribution in [0.5, 0.6) is 0 Å². The number of carbonyl (C=O) groups is 1. The Hall–Kier alpha value is -2.84. The molecule has 2 unspecified atom stereocenters. The molecule has 0 fully saturated rings. The van der Waals surface area contributed by atoms with Crippen LogP contribution in [0.2, 0.25) is 0 Å². The van der Waals surface area contributed by atoms with E-state index < -0.39 is 33.8 Å². The average molecular weight is 459 g/mol. The number of nitrogens with zero attached hydrogens (tertiary/aromatic N) is 1. The number of hydrogen-bond acceptors (Lipinski definition) is 4. The van der Waals surface area contributed by atoms with Gasteiger partial charge in [-0.2, -0.15) is 0 Å². The summed E-state index contributed by atoms with van der Waals surface area (Å²) in [5, 5.41) is 2.43. The van der Waals surface area contributed by atoms with Crippen LogP contribution in [0, 0.1) is 5.82 Å². The van der Waals surface area contributed by atoms with Gasteiger partial charge in [-0.1, -0.05) is 30.3 Å². The molecule has 2 atom stereocenters. The van der Waals surface area contributed by atoms with E-state index in [4.69, 9.17) is 9.72 Å². The number of benzene rings is 2. The normalized spacial score (nSPS) is 13.6. The first-order valence-electron chi connectivity index (χ1n) is 10.3. The molecular formula is C24H27FN2O4S. The van der Waals surface area contributed by atoms with Crippen molar-refractivity contribution in [3.8, 4) is 11.1 Å². The minimum absolute atomic E-state index is 0.254. The standard InChI is InChI=1S/C24H27FN2O4S/c1-15(32(29)30)21-18-14-17(25)10-11-19(18)27-20(22(21)16-8-6-5-7-9-16)12-13-26-23(28)31-24(2,3)4/h5-11,14-15H,12-13H2,1-4H3,(H,26,28)(H,29,30). The fourth-order valence-corrected chi connectivity index (χ4v) is 3.99. The van der Waals surface area contributed by atoms with E-state index in [9.17, 15) is 17.9 Å². The number of aromatic nitrogens is 1. The molecule has 0 saturated heterocycles. The van der Waals surface area contributed by atoms with Crippen molar-refractivity contribution in [1.82, 2.24) is 10.3 Å². The number of ether oxygens (including phenoxy) is 1. The van der Waals surface area contributed by atoms with Crippen LogP contribution in [-0.4, -0.2) is 32.0 Å². The van der Waals surface area contributed by atoms with E-state index in [1.165, 1.54) is 12.1 Å². The predicted octanol–water partition coefficient (Wildman–Crippen LogP) is 5.39. The Kier molecular flexibility index (Phi) is 7.26. The third-order valence-corrected chi connectivity index (χ3v) is 5.70. The highest BCUT2D eigenvalue weighted by Gasteiger charge is 2.24. The number of amides is 1. The second kappa shape index (κ2) is 9.75. The zero-order valence-electron chi connectivity index (χ0n) is 18.5. The van der Waals surface area contributed by atoms with Gasteiger partial charge in [0.2, 0.25) is 0 Å². The third-order valence-electron chi connectivity index (χ3n) is 4.86. The Labute approximate surface area is 189 Å². The van der Waals surface area contributed by atoms with Crippen LogP contribution in [0.1, 0.15) is 44.2 Å². The minimum Gasteiger partial charge on any atom is -0.444 e. The van der Waals surface area contributed by atoms with Crippen LogP contribution in [-0.2, 0) is 22.2 Å². The summed E-state index contributed by atoms with van der Waals surface area (Å²) >= 11 is -2.18. The molecule has 8 heteroatoms. The van der Waals surface area contributed by atoms with Gasteiger partial charge in [-0.15, -0.1) is 0 Å². The molecule has 0 aliphatic rings. The molecule has 1 heterocycles. The van der Waals surface area contributed by atoms with Crippen molar-refractivity contribution in [1.29, 1.82) is 0 Å². The molecule has 32 heavy (non-hydrogen) atoms. The largest absolute Gasteiger partial charge is 0.444 e. The topological polar surface area (TPSA) is 88.5 Å². The molecule has 2 N–H and O–H groups in total. The Bertz CT molecular complexity index is 1150. The van der Waals surface area contributed by atoms with Gasteiger partial charge in [0.15, 0.2) is 11.1 Å². The van der Waals surface area contributed by atoms with Crippen molar-refractivity contribution in [3.63, 3.8) is 0 Å². The van der Waals surface area contributed by atoms with Gasteiger partial charge >= 0.3 is 6.09 Å². The van der Waals surface area contributed by atoms with E-state index in [0.29, 0.717) is 34.1 Å². The lowest BCUT2D eigenvalue weighted by Gasteiger charge is -2.21. The Morgan fingerprint density at radius 3 is 2.53 bits per heavy atom. The Balaban J connectivity index is 2.11. The van der Waals surface area contributed by atoms with E-state index >= 15 is 0 Å². The van der Waals surface area contributed by atoms with Crippen LogP contribution in [0.25, 0.3) is 22.0 Å². The molecule has 0 radical (unpaired) electrons. The fraction of sp³-hybridized carbons (Fsp3) is 0.333. The van der Waals surface area contributed by atoms with E-state index in [0.717, 1.165) is 5.56 Å². The lowest BCUT2D eigenvalue weighted by atomic mass is 9.91. The summed E-state index contributed by atoms with van der Waals surface area (Å²) in [6.45, 7) is 7.24. The van der Waals surface area contributed by atoms with Crippen LogP contribution in [0.15, 0.2) is 48.5 Å². The molecule has 1 aromatic heterocycles. The number of nitrogens with one attached hydrogen (secondary N) is 1. The van der Waals surface area contributed by atoms with Gasteiger partial charge in [0.1, 0.15) is 11.4 Å². The van der Waals surface area contributed by atoms with Crippen molar-refractivity contribution in [3.05, 3.63) is 65.6 Å². The van der Waals surface area contributed by atoms with Crippen molar-refractivity contribution in [2.24, 2.45) is 0 Å². The average Bonchev–Trinajstić information content (AvgIpc) is 2.71. The van der Waals surface area contributed by atoms with E-state index in [1.807, 2.05) is 30.3 Å². The number of carbonyl (C=O) groups excluding carboxylic acids is 1. The highest BCUT2D eigenvalue weighted by atomic mass is 32.2. The number of alkyl carbamates (subject to hydrolysis) is 1. The Morgan fingerprint density at radius 2 is 1.91 bits per heavy atom. The van der Waals surface area contributed by atoms with Crippen molar-refractivity contribution < 1.29 is 22.7 Å². The zero-order chi connectivity index (χ0) is 23.5. The van der Waals surface area contributed by atoms with E-state index in [2.05, 4.69) is 5.32 Å². The van der Waals surface area contributed by atoms with Gasteiger partial charge in [-0.05, 0) is 57.0 Å². The highest BCUT2D eigenvalue weighted by molar-refractivity contribution is 7.79. The monoisotopic (exact) mass is 458 g/mol. The Morgan fingerprint density at radius 1 is 1.22 bits per heavy atom. The molecular weight excluding hydrogens is 431 g/mol. The van der Waals surface area contributed by atoms with Crippen LogP contribution >= 0.6 is 0 Å². The molecule has 170 valence electrons. The van der Waals surface area contributed by atoms with Crippen molar-refractivity contribution in [2.75, 3.05) is 6.54 Å². The van der Waals surface area contributed by atoms with Gasteiger partial charge in [0, 0.05) is 23.9 Å². The van der Waals surface area contributed by atoms with Gasteiger partial charge < -0.3 is 14.6 Å². The molecule has 3 aromatic rings. The second-order valence-corrected chi connectivity index (χ2v) is 9.73. The maximum Gasteiger partial charge on any atom is 0.407 e. The number of fused-ring (bicyclic) bond motifs is 1. The first kappa shape index (κ1) is 23.8. The summed E-state index contributed by atoms with van der Waals surface area (Å²) in [4.78, 5) is 16.8. The maximum atomic E-state index is 14.1. The summed E-state index contributed by atoms with van der Waals surface area (Å²) < 4.78 is 41.4. The molecule has 0 bridgehead atoms. The van der Waals surface area contributed by atoms with Gasteiger partial charge in [-0.25, -0.2) is 13.4 Å². The molecule has 1 amide bonds. The first-order valence-corrected chi connectivity index (χ1v) is 11.5. The quantitative estimate of drug-likeness (QED) is 0.484. The SMILES string of the molecule is CC(c1c(-c2ccccc2)c(CCNC(=O)OC(C)(C)C)nc2ccc(F)cc12)S(=O)O. The summed E-state index contributed by atoms with van der Waals surface area (Å²) in [7, 11) is 0. The number of pyridine rings is 1. The number of hydrogen-bond donors (Lipinski definition) is 2. The predicted molar refractivity (Wildman–Crippen MR) is 124 cm³/mol. The van der Waals surface area contributed by atoms with Crippen molar-refractivity contribution in [2.45, 2.75) is 45.0 Å². The third kappa shape index (κ3) is 5.69. The molecule has 2 aromatic carbocycles. The first-order chi connectivity index (χ1) is 15.1. The molecule has 0 aliphatic heterocycles. The smallest absolute Gasteiger partial charge is 0.407 e. The summed E-state index contributed by atoms with van der Waals surface area (Å²) in [5.41, 5.74) is 2.56. The molecule has 6 nitrogen and oxygen atoms in total. The van der Waals surface area contributed by atoms with Crippen LogP contribution in [0.3, 0.4) is 0 Å². The van der Waals surface area contributed by atoms with E-state index in [-0.39, 0.29) is 6.54 Å². The lowest BCUT2D eigenvalue weighted by molar-refractivity contribution is 0.0528. The van der Waals surface area contributed by atoms with Crippen LogP contribution < -0.4 is 5.32 Å². The number of halogens is 1. The van der Waals surface area contributed by atoms with Gasteiger partial charge in [0.25, 0.3) is 0 Å². The molecule has 0 spiro atoms. The molecule has 3 rings (SSSR count). The van der Waals surface area contributed by atoms with E-state index in [1.54, 1.807) is 33.8 Å². The highest BCUT2D eigenvalue weighted by Crippen LogP contribution is 2.38. The second-order valence-electron chi connectivity index (χ2n) is 8.47. The molecule has 0 saturated carbocycles. The summed E-state index contributed by atoms with van der Waals surface area (Å²) in [5.74, 6) is -0.449. The maximum absolute atomic E-state index is 14.1. The van der Waals surface area contributed by atoms with Crippen molar-refractivity contribution >= 4 is 28.1 Å². The summed E-state index contributed by atoms with van der Waals surface area (Å²) in [6.07, 6.45) is -0.180. The molecule has 0 aliphatic carbocycles. The lowest BCUT2D eigenvalue weighted by Crippen LogP contribution is -2.33. The zero-order valence-corrected chi connectivity index (χ0v) is 19.3. The summed E-state index contributed by atoms with van der Waals surface area (Å²) in [6, 6.07) is 13.6. The van der Waals surface area contributed by atoms with Gasteiger partial charge in [-0.3, -0.25) is 4.98 Å². The minimum atomic E-state index is -2.18. The number of rotatable bonds is 6. The van der Waals surface area contributed by atoms with Crippen LogP contribution in [0.4, 0.5) is 9.18 Å².